The first-order valence-corrected chi connectivity index (χ1v) is 14.5. The van der Waals surface area contributed by atoms with Crippen LogP contribution in [0.15, 0.2) is 77.7 Å². The van der Waals surface area contributed by atoms with Gasteiger partial charge in [0.15, 0.2) is 0 Å². The molecule has 3 aromatic carbocycles. The summed E-state index contributed by atoms with van der Waals surface area (Å²) in [7, 11) is -4.29. The zero-order chi connectivity index (χ0) is 29.4. The van der Waals surface area contributed by atoms with Gasteiger partial charge in [-0.1, -0.05) is 54.4 Å². The molecule has 0 saturated heterocycles. The Hall–Kier alpha value is -3.67. The summed E-state index contributed by atoms with van der Waals surface area (Å²) < 4.78 is 28.3. The van der Waals surface area contributed by atoms with Crippen molar-refractivity contribution in [2.75, 3.05) is 17.4 Å². The number of rotatable bonds is 12. The van der Waals surface area contributed by atoms with Crippen molar-refractivity contribution in [3.63, 3.8) is 0 Å². The fourth-order valence-electron chi connectivity index (χ4n) is 3.80. The van der Waals surface area contributed by atoms with Crippen LogP contribution in [-0.2, 0) is 26.2 Å². The molecule has 1 atom stereocenters. The van der Waals surface area contributed by atoms with Crippen LogP contribution in [0, 0.1) is 10.1 Å². The highest BCUT2D eigenvalue weighted by atomic mass is 35.5. The number of sulfonamides is 1. The van der Waals surface area contributed by atoms with E-state index in [1.807, 2.05) is 6.92 Å². The van der Waals surface area contributed by atoms with Crippen molar-refractivity contribution < 1.29 is 22.9 Å². The number of hydrogen-bond donors (Lipinski definition) is 1. The molecule has 0 aliphatic carbocycles. The van der Waals surface area contributed by atoms with Gasteiger partial charge in [-0.05, 0) is 55.3 Å². The van der Waals surface area contributed by atoms with E-state index >= 15 is 0 Å². The van der Waals surface area contributed by atoms with Crippen LogP contribution in [0.25, 0.3) is 0 Å². The average molecular weight is 608 g/mol. The normalized spacial score (nSPS) is 11.9. The maximum absolute atomic E-state index is 13.8. The van der Waals surface area contributed by atoms with E-state index in [-0.39, 0.29) is 27.8 Å². The van der Waals surface area contributed by atoms with Gasteiger partial charge in [0.25, 0.3) is 15.7 Å². The Morgan fingerprint density at radius 1 is 1.02 bits per heavy atom. The molecule has 0 aliphatic heterocycles. The predicted octanol–water partition coefficient (Wildman–Crippen LogP) is 5.04. The van der Waals surface area contributed by atoms with Crippen molar-refractivity contribution in [2.24, 2.45) is 0 Å². The number of nitrogens with zero attached hydrogens (tertiary/aromatic N) is 3. The van der Waals surface area contributed by atoms with Crippen molar-refractivity contribution in [3.05, 3.63) is 98.5 Å². The lowest BCUT2D eigenvalue weighted by Crippen LogP contribution is -2.51. The first-order chi connectivity index (χ1) is 18.9. The SMILES string of the molecule is CCCNC(=O)[C@@H](C)N(Cc1ccc(Cl)cc1Cl)C(=O)CN(c1ccc([N+](=O)[O-])cc1)S(=O)(=O)c1ccccc1. The zero-order valence-corrected chi connectivity index (χ0v) is 24.1. The molecule has 0 bridgehead atoms. The summed E-state index contributed by atoms with van der Waals surface area (Å²) in [5.41, 5.74) is 0.296. The summed E-state index contributed by atoms with van der Waals surface area (Å²) in [5, 5.41) is 14.6. The molecule has 0 aromatic heterocycles. The van der Waals surface area contributed by atoms with E-state index in [1.54, 1.807) is 18.2 Å². The van der Waals surface area contributed by atoms with E-state index < -0.39 is 39.3 Å². The molecule has 0 saturated carbocycles. The Morgan fingerprint density at radius 2 is 1.68 bits per heavy atom. The summed E-state index contributed by atoms with van der Waals surface area (Å²) in [4.78, 5) is 38.4. The van der Waals surface area contributed by atoms with E-state index in [0.29, 0.717) is 23.6 Å². The third-order valence-electron chi connectivity index (χ3n) is 6.03. The van der Waals surface area contributed by atoms with Crippen LogP contribution in [0.5, 0.6) is 0 Å². The number of carbonyl (C=O) groups is 2. The molecule has 3 aromatic rings. The number of benzene rings is 3. The molecule has 13 heteroatoms. The first kappa shape index (κ1) is 30.9. The highest BCUT2D eigenvalue weighted by molar-refractivity contribution is 7.92. The molecular weight excluding hydrogens is 579 g/mol. The highest BCUT2D eigenvalue weighted by Crippen LogP contribution is 2.27. The Bertz CT molecular complexity index is 1470. The zero-order valence-electron chi connectivity index (χ0n) is 21.8. The lowest BCUT2D eigenvalue weighted by atomic mass is 10.1. The molecule has 10 nitrogen and oxygen atoms in total. The van der Waals surface area contributed by atoms with Gasteiger partial charge < -0.3 is 10.2 Å². The van der Waals surface area contributed by atoms with Gasteiger partial charge in [-0.3, -0.25) is 24.0 Å². The van der Waals surface area contributed by atoms with Crippen LogP contribution >= 0.6 is 23.2 Å². The van der Waals surface area contributed by atoms with Crippen molar-refractivity contribution in [2.45, 2.75) is 37.8 Å². The second-order valence-corrected chi connectivity index (χ2v) is 11.5. The van der Waals surface area contributed by atoms with Gasteiger partial charge in [-0.15, -0.1) is 0 Å². The van der Waals surface area contributed by atoms with Gasteiger partial charge in [0.05, 0.1) is 15.5 Å². The minimum Gasteiger partial charge on any atom is -0.354 e. The van der Waals surface area contributed by atoms with Gasteiger partial charge in [-0.2, -0.15) is 0 Å². The maximum Gasteiger partial charge on any atom is 0.269 e. The number of nitrogens with one attached hydrogen (secondary N) is 1. The van der Waals surface area contributed by atoms with E-state index in [0.717, 1.165) is 16.4 Å². The summed E-state index contributed by atoms with van der Waals surface area (Å²) >= 11 is 12.4. The van der Waals surface area contributed by atoms with E-state index in [9.17, 15) is 28.1 Å². The molecule has 40 heavy (non-hydrogen) atoms. The number of hydrogen-bond acceptors (Lipinski definition) is 6. The Morgan fingerprint density at radius 3 is 2.25 bits per heavy atom. The highest BCUT2D eigenvalue weighted by Gasteiger charge is 2.33. The molecular formula is C27H28Cl2N4O6S. The topological polar surface area (TPSA) is 130 Å². The third kappa shape index (κ3) is 7.50. The van der Waals surface area contributed by atoms with Crippen LogP contribution in [0.1, 0.15) is 25.8 Å². The van der Waals surface area contributed by atoms with Gasteiger partial charge in [0.1, 0.15) is 12.6 Å². The van der Waals surface area contributed by atoms with E-state index in [4.69, 9.17) is 23.2 Å². The summed E-state index contributed by atoms with van der Waals surface area (Å²) in [5.74, 6) is -1.11. The first-order valence-electron chi connectivity index (χ1n) is 12.3. The largest absolute Gasteiger partial charge is 0.354 e. The minimum atomic E-state index is -4.29. The molecule has 0 radical (unpaired) electrons. The quantitative estimate of drug-likeness (QED) is 0.227. The fourth-order valence-corrected chi connectivity index (χ4v) is 5.70. The van der Waals surface area contributed by atoms with Crippen molar-refractivity contribution >= 4 is 56.4 Å². The number of nitro groups is 1. The average Bonchev–Trinajstić information content (AvgIpc) is 2.94. The molecule has 0 spiro atoms. The summed E-state index contributed by atoms with van der Waals surface area (Å²) in [6, 6.07) is 16.0. The third-order valence-corrected chi connectivity index (χ3v) is 8.41. The fraction of sp³-hybridized carbons (Fsp3) is 0.259. The van der Waals surface area contributed by atoms with Crippen LogP contribution in [0.3, 0.4) is 0 Å². The number of halogens is 2. The molecule has 212 valence electrons. The Kier molecular flexibility index (Phi) is 10.5. The minimum absolute atomic E-state index is 0.0374. The number of non-ortho nitro benzene ring substituents is 1. The van der Waals surface area contributed by atoms with Crippen LogP contribution in [0.4, 0.5) is 11.4 Å². The molecule has 0 aliphatic rings. The summed E-state index contributed by atoms with van der Waals surface area (Å²) in [6.07, 6.45) is 0.679. The standard InChI is InChI=1S/C27H28Cl2N4O6S/c1-3-15-30-27(35)19(2)31(17-20-9-10-21(28)16-25(20)29)26(34)18-32(22-11-13-23(14-12-22)33(36)37)40(38,39)24-7-5-4-6-8-24/h4-14,16,19H,3,15,17-18H2,1-2H3,(H,30,35)/t19-/m1/s1. The predicted molar refractivity (Wildman–Crippen MR) is 154 cm³/mol. The van der Waals surface area contributed by atoms with Gasteiger partial charge in [0, 0.05) is 35.3 Å². The summed E-state index contributed by atoms with van der Waals surface area (Å²) in [6.45, 7) is 3.03. The smallest absolute Gasteiger partial charge is 0.269 e. The van der Waals surface area contributed by atoms with E-state index in [1.165, 1.54) is 54.3 Å². The van der Waals surface area contributed by atoms with Crippen LogP contribution in [-0.4, -0.2) is 49.2 Å². The van der Waals surface area contributed by atoms with Crippen molar-refractivity contribution in [1.29, 1.82) is 0 Å². The molecule has 2 amide bonds. The maximum atomic E-state index is 13.8. The van der Waals surface area contributed by atoms with Gasteiger partial charge >= 0.3 is 0 Å². The number of nitro benzene ring substituents is 1. The van der Waals surface area contributed by atoms with Crippen molar-refractivity contribution in [1.82, 2.24) is 10.2 Å². The molecule has 3 rings (SSSR count). The second-order valence-electron chi connectivity index (χ2n) is 8.82. The van der Waals surface area contributed by atoms with Crippen molar-refractivity contribution in [3.8, 4) is 0 Å². The van der Waals surface area contributed by atoms with E-state index in [2.05, 4.69) is 5.32 Å². The number of amides is 2. The molecule has 1 N–H and O–H groups in total. The van der Waals surface area contributed by atoms with Crippen LogP contribution < -0.4 is 9.62 Å². The molecule has 0 fully saturated rings. The Balaban J connectivity index is 2.04. The Labute approximate surface area is 242 Å². The van der Waals surface area contributed by atoms with Gasteiger partial charge in [-0.25, -0.2) is 8.42 Å². The van der Waals surface area contributed by atoms with Crippen LogP contribution in [0.2, 0.25) is 10.0 Å². The molecule has 0 heterocycles. The second kappa shape index (κ2) is 13.6. The number of anilines is 1. The monoisotopic (exact) mass is 606 g/mol. The lowest BCUT2D eigenvalue weighted by Gasteiger charge is -2.32. The van der Waals surface area contributed by atoms with Gasteiger partial charge in [0.2, 0.25) is 11.8 Å². The molecule has 0 unspecified atom stereocenters. The lowest BCUT2D eigenvalue weighted by molar-refractivity contribution is -0.384. The number of carbonyl (C=O) groups excluding carboxylic acids is 2.